The molecule has 1 rings (SSSR count). The fraction of sp³-hybridized carbons (Fsp3) is 0.643. The van der Waals surface area contributed by atoms with Gasteiger partial charge in [0.15, 0.2) is 0 Å². The number of amides is 1. The molecule has 4 nitrogen and oxygen atoms in total. The number of nitrogens with one attached hydrogen (secondary N) is 1. The van der Waals surface area contributed by atoms with E-state index in [2.05, 4.69) is 16.4 Å². The molecule has 1 aromatic heterocycles. The summed E-state index contributed by atoms with van der Waals surface area (Å²) in [6, 6.07) is 2.24. The Morgan fingerprint density at radius 1 is 1.47 bits per heavy atom. The van der Waals surface area contributed by atoms with Gasteiger partial charge in [0.05, 0.1) is 23.8 Å². The molecule has 0 aromatic carbocycles. The predicted molar refractivity (Wildman–Crippen MR) is 76.6 cm³/mol. The van der Waals surface area contributed by atoms with E-state index in [-0.39, 0.29) is 5.91 Å². The first-order chi connectivity index (χ1) is 9.09. The Morgan fingerprint density at radius 3 is 2.53 bits per heavy atom. The number of aryl methyl sites for hydroxylation is 1. The largest absolute Gasteiger partial charge is 0.350 e. The number of thiazole rings is 1. The van der Waals surface area contributed by atoms with Gasteiger partial charge in [0, 0.05) is 4.88 Å². The average molecular weight is 279 g/mol. The second-order valence-electron chi connectivity index (χ2n) is 4.74. The molecule has 0 saturated carbocycles. The molecule has 0 aliphatic carbocycles. The molecule has 0 aliphatic rings. The molecule has 0 spiro atoms. The summed E-state index contributed by atoms with van der Waals surface area (Å²) in [5, 5.41) is 12.3. The quantitative estimate of drug-likeness (QED) is 0.833. The average Bonchev–Trinajstić information content (AvgIpc) is 2.81. The first kappa shape index (κ1) is 15.6. The molecule has 0 aliphatic heterocycles. The van der Waals surface area contributed by atoms with Crippen molar-refractivity contribution in [1.82, 2.24) is 10.3 Å². The summed E-state index contributed by atoms with van der Waals surface area (Å²) in [5.41, 5.74) is 1.84. The number of carbonyl (C=O) groups excluding carboxylic acids is 1. The minimum atomic E-state index is -0.873. The van der Waals surface area contributed by atoms with Gasteiger partial charge >= 0.3 is 0 Å². The molecule has 1 N–H and O–H groups in total. The van der Waals surface area contributed by atoms with Crippen LogP contribution in [0.1, 0.15) is 50.1 Å². The van der Waals surface area contributed by atoms with Crippen molar-refractivity contribution in [2.75, 3.05) is 0 Å². The monoisotopic (exact) mass is 279 g/mol. The maximum absolute atomic E-state index is 12.3. The molecule has 1 amide bonds. The molecular formula is C14H21N3OS. The number of aromatic nitrogens is 1. The molecule has 5 heteroatoms. The molecule has 0 bridgehead atoms. The van der Waals surface area contributed by atoms with Crippen LogP contribution in [0, 0.1) is 23.7 Å². The summed E-state index contributed by atoms with van der Waals surface area (Å²) >= 11 is 1.53. The van der Waals surface area contributed by atoms with Crippen LogP contribution in [-0.4, -0.2) is 10.9 Å². The van der Waals surface area contributed by atoms with Crippen LogP contribution in [0.15, 0.2) is 5.51 Å². The Labute approximate surface area is 118 Å². The van der Waals surface area contributed by atoms with Crippen LogP contribution >= 0.6 is 11.3 Å². The van der Waals surface area contributed by atoms with Gasteiger partial charge in [-0.3, -0.25) is 4.79 Å². The second kappa shape index (κ2) is 7.25. The van der Waals surface area contributed by atoms with E-state index < -0.39 is 5.41 Å². The SMILES string of the molecule is CCCC(C#N)(CCC)C(=O)NCc1scnc1C. The van der Waals surface area contributed by atoms with Crippen molar-refractivity contribution in [1.29, 1.82) is 5.26 Å². The highest BCUT2D eigenvalue weighted by atomic mass is 32.1. The van der Waals surface area contributed by atoms with Crippen molar-refractivity contribution >= 4 is 17.2 Å². The Bertz CT molecular complexity index is 456. The maximum atomic E-state index is 12.3. The van der Waals surface area contributed by atoms with E-state index in [0.29, 0.717) is 19.4 Å². The number of nitriles is 1. The van der Waals surface area contributed by atoms with Crippen LogP contribution in [0.5, 0.6) is 0 Å². The van der Waals surface area contributed by atoms with Crippen LogP contribution in [-0.2, 0) is 11.3 Å². The molecule has 104 valence electrons. The summed E-state index contributed by atoms with van der Waals surface area (Å²) in [7, 11) is 0. The Morgan fingerprint density at radius 2 is 2.11 bits per heavy atom. The first-order valence-electron chi connectivity index (χ1n) is 6.68. The lowest BCUT2D eigenvalue weighted by atomic mass is 9.80. The number of nitrogens with zero attached hydrogens (tertiary/aromatic N) is 2. The van der Waals surface area contributed by atoms with Gasteiger partial charge in [-0.15, -0.1) is 11.3 Å². The lowest BCUT2D eigenvalue weighted by Gasteiger charge is -2.24. The highest BCUT2D eigenvalue weighted by molar-refractivity contribution is 7.09. The minimum Gasteiger partial charge on any atom is -0.350 e. The van der Waals surface area contributed by atoms with Gasteiger partial charge in [0.1, 0.15) is 5.41 Å². The zero-order valence-electron chi connectivity index (χ0n) is 11.8. The number of rotatable bonds is 7. The Kier molecular flexibility index (Phi) is 5.97. The highest BCUT2D eigenvalue weighted by Gasteiger charge is 2.36. The van der Waals surface area contributed by atoms with E-state index in [0.717, 1.165) is 23.4 Å². The molecular weight excluding hydrogens is 258 g/mol. The van der Waals surface area contributed by atoms with Crippen molar-refractivity contribution in [3.63, 3.8) is 0 Å². The highest BCUT2D eigenvalue weighted by Crippen LogP contribution is 2.29. The van der Waals surface area contributed by atoms with E-state index in [1.165, 1.54) is 11.3 Å². The zero-order valence-corrected chi connectivity index (χ0v) is 12.6. The number of carbonyl (C=O) groups is 1. The number of hydrogen-bond acceptors (Lipinski definition) is 4. The van der Waals surface area contributed by atoms with Crippen molar-refractivity contribution in [3.05, 3.63) is 16.1 Å². The van der Waals surface area contributed by atoms with Crippen LogP contribution in [0.2, 0.25) is 0 Å². The zero-order chi connectivity index (χ0) is 14.3. The smallest absolute Gasteiger partial charge is 0.240 e. The van der Waals surface area contributed by atoms with Gasteiger partial charge in [0.2, 0.25) is 5.91 Å². The first-order valence-corrected chi connectivity index (χ1v) is 7.56. The van der Waals surface area contributed by atoms with Gasteiger partial charge in [-0.25, -0.2) is 4.98 Å². The summed E-state index contributed by atoms with van der Waals surface area (Å²) in [6.07, 6.45) is 2.90. The summed E-state index contributed by atoms with van der Waals surface area (Å²) in [5.74, 6) is -0.147. The molecule has 0 atom stereocenters. The van der Waals surface area contributed by atoms with Crippen molar-refractivity contribution < 1.29 is 4.79 Å². The van der Waals surface area contributed by atoms with Gasteiger partial charge in [-0.05, 0) is 19.8 Å². The third-order valence-corrected chi connectivity index (χ3v) is 4.19. The standard InChI is InChI=1S/C14H21N3OS/c1-4-6-14(9-15,7-5-2)13(18)16-8-12-11(3)17-10-19-12/h10H,4-8H2,1-3H3,(H,16,18). The third-order valence-electron chi connectivity index (χ3n) is 3.26. The lowest BCUT2D eigenvalue weighted by Crippen LogP contribution is -2.39. The van der Waals surface area contributed by atoms with E-state index in [4.69, 9.17) is 0 Å². The topological polar surface area (TPSA) is 65.8 Å². The normalized spacial score (nSPS) is 11.1. The predicted octanol–water partition coefficient (Wildman–Crippen LogP) is 3.18. The van der Waals surface area contributed by atoms with E-state index in [1.54, 1.807) is 5.51 Å². The molecule has 0 unspecified atom stereocenters. The summed E-state index contributed by atoms with van der Waals surface area (Å²) < 4.78 is 0. The number of hydrogen-bond donors (Lipinski definition) is 1. The van der Waals surface area contributed by atoms with E-state index in [1.807, 2.05) is 20.8 Å². The van der Waals surface area contributed by atoms with Gasteiger partial charge < -0.3 is 5.32 Å². The summed E-state index contributed by atoms with van der Waals surface area (Å²) in [4.78, 5) is 17.5. The van der Waals surface area contributed by atoms with Crippen LogP contribution in [0.25, 0.3) is 0 Å². The third kappa shape index (κ3) is 3.77. The van der Waals surface area contributed by atoms with Gasteiger partial charge in [-0.2, -0.15) is 5.26 Å². The van der Waals surface area contributed by atoms with Crippen molar-refractivity contribution in [3.8, 4) is 6.07 Å². The molecule has 19 heavy (non-hydrogen) atoms. The molecule has 1 aromatic rings. The van der Waals surface area contributed by atoms with Gasteiger partial charge in [0.25, 0.3) is 0 Å². The van der Waals surface area contributed by atoms with Gasteiger partial charge in [-0.1, -0.05) is 26.7 Å². The maximum Gasteiger partial charge on any atom is 0.240 e. The summed E-state index contributed by atoms with van der Waals surface area (Å²) in [6.45, 7) is 6.39. The molecule has 0 fully saturated rings. The van der Waals surface area contributed by atoms with E-state index >= 15 is 0 Å². The molecule has 0 radical (unpaired) electrons. The Hall–Kier alpha value is -1.41. The molecule has 1 heterocycles. The fourth-order valence-corrected chi connectivity index (χ4v) is 2.91. The second-order valence-corrected chi connectivity index (χ2v) is 5.68. The Balaban J connectivity index is 2.72. The fourth-order valence-electron chi connectivity index (χ4n) is 2.19. The molecule has 0 saturated heterocycles. The van der Waals surface area contributed by atoms with Crippen LogP contribution < -0.4 is 5.32 Å². The van der Waals surface area contributed by atoms with Crippen LogP contribution in [0.3, 0.4) is 0 Å². The van der Waals surface area contributed by atoms with Crippen LogP contribution in [0.4, 0.5) is 0 Å². The van der Waals surface area contributed by atoms with Crippen molar-refractivity contribution in [2.45, 2.75) is 53.0 Å². The van der Waals surface area contributed by atoms with E-state index in [9.17, 15) is 10.1 Å². The minimum absolute atomic E-state index is 0.147. The van der Waals surface area contributed by atoms with Crippen molar-refractivity contribution in [2.24, 2.45) is 5.41 Å². The lowest BCUT2D eigenvalue weighted by molar-refractivity contribution is -0.129.